The second-order valence-corrected chi connectivity index (χ2v) is 9.43. The van der Waals surface area contributed by atoms with Gasteiger partial charge in [0.2, 0.25) is 10.0 Å². The first kappa shape index (κ1) is 23.0. The largest absolute Gasteiger partial charge is 0.395 e. The van der Waals surface area contributed by atoms with Crippen molar-refractivity contribution in [2.75, 3.05) is 39.4 Å². The number of aromatic nitrogens is 1. The number of pyridine rings is 1. The number of benzene rings is 1. The number of carbonyl (C=O) groups is 1. The molecule has 9 nitrogen and oxygen atoms in total. The highest BCUT2D eigenvalue weighted by Gasteiger charge is 2.43. The van der Waals surface area contributed by atoms with Gasteiger partial charge in [-0.1, -0.05) is 23.7 Å². The van der Waals surface area contributed by atoms with E-state index in [2.05, 4.69) is 4.98 Å². The fourth-order valence-corrected chi connectivity index (χ4v) is 5.93. The van der Waals surface area contributed by atoms with E-state index in [1.54, 1.807) is 17.0 Å². The Morgan fingerprint density at radius 1 is 1.27 bits per heavy atom. The molecular weight excluding hydrogens is 432 g/mol. The number of aliphatic hydroxyl groups is 2. The third-order valence-electron chi connectivity index (χ3n) is 5.32. The second kappa shape index (κ2) is 9.65. The second-order valence-electron chi connectivity index (χ2n) is 7.17. The maximum absolute atomic E-state index is 13.4. The summed E-state index contributed by atoms with van der Waals surface area (Å²) >= 11 is 6.23. The van der Waals surface area contributed by atoms with Gasteiger partial charge in [-0.15, -0.1) is 0 Å². The number of aliphatic hydroxyl groups excluding tert-OH is 2. The van der Waals surface area contributed by atoms with E-state index in [1.807, 2.05) is 0 Å². The van der Waals surface area contributed by atoms with Crippen LogP contribution in [0.3, 0.4) is 0 Å². The molecule has 1 fully saturated rings. The zero-order valence-corrected chi connectivity index (χ0v) is 17.9. The van der Waals surface area contributed by atoms with Crippen LogP contribution in [0.2, 0.25) is 5.02 Å². The van der Waals surface area contributed by atoms with Gasteiger partial charge in [0, 0.05) is 48.7 Å². The number of Topliss-reactive ketones (excluding diaryl/α,β-unsaturated/α-hetero) is 1. The number of nitrogens with two attached hydrogens (primary N) is 1. The molecule has 30 heavy (non-hydrogen) atoms. The predicted octanol–water partition coefficient (Wildman–Crippen LogP) is 0.0393. The van der Waals surface area contributed by atoms with Crippen LogP contribution in [0.25, 0.3) is 10.8 Å². The third-order valence-corrected chi connectivity index (χ3v) is 7.54. The quantitative estimate of drug-likeness (QED) is 0.481. The SMILES string of the molecule is N[C@@H]1C(C(=O)CN(CCO)CCO)CCN1S(=O)(=O)c1cccc2cncc(Cl)c12. The van der Waals surface area contributed by atoms with E-state index >= 15 is 0 Å². The Morgan fingerprint density at radius 3 is 2.63 bits per heavy atom. The number of ketones is 1. The van der Waals surface area contributed by atoms with Gasteiger partial charge in [-0.05, 0) is 12.5 Å². The van der Waals surface area contributed by atoms with Crippen LogP contribution in [0.15, 0.2) is 35.5 Å². The molecule has 1 aromatic heterocycles. The normalized spacial score (nSPS) is 20.3. The van der Waals surface area contributed by atoms with Crippen molar-refractivity contribution in [2.24, 2.45) is 11.7 Å². The molecule has 1 aromatic carbocycles. The summed E-state index contributed by atoms with van der Waals surface area (Å²) in [7, 11) is -4.00. The minimum absolute atomic E-state index is 0.0147. The van der Waals surface area contributed by atoms with Gasteiger partial charge in [0.1, 0.15) is 0 Å². The van der Waals surface area contributed by atoms with Crippen molar-refractivity contribution in [1.82, 2.24) is 14.2 Å². The summed E-state index contributed by atoms with van der Waals surface area (Å²) in [5, 5.41) is 19.4. The smallest absolute Gasteiger partial charge is 0.245 e. The molecule has 2 aromatic rings. The van der Waals surface area contributed by atoms with Crippen LogP contribution in [-0.4, -0.2) is 84.2 Å². The van der Waals surface area contributed by atoms with Gasteiger partial charge >= 0.3 is 0 Å². The molecule has 0 spiro atoms. The van der Waals surface area contributed by atoms with Crippen molar-refractivity contribution in [3.63, 3.8) is 0 Å². The van der Waals surface area contributed by atoms with Crippen molar-refractivity contribution in [2.45, 2.75) is 17.5 Å². The summed E-state index contributed by atoms with van der Waals surface area (Å²) in [6.07, 6.45) is 2.21. The van der Waals surface area contributed by atoms with Gasteiger partial charge in [-0.25, -0.2) is 8.42 Å². The molecule has 1 saturated heterocycles. The average molecular weight is 457 g/mol. The third kappa shape index (κ3) is 4.50. The summed E-state index contributed by atoms with van der Waals surface area (Å²) in [5.74, 6) is -0.894. The molecule has 0 radical (unpaired) electrons. The van der Waals surface area contributed by atoms with Crippen LogP contribution < -0.4 is 5.73 Å². The molecule has 1 aliphatic heterocycles. The molecule has 0 bridgehead atoms. The summed E-state index contributed by atoms with van der Waals surface area (Å²) in [6.45, 7) is 0.262. The summed E-state index contributed by atoms with van der Waals surface area (Å²) in [6, 6.07) is 4.80. The number of nitrogens with zero attached hydrogens (tertiary/aromatic N) is 3. The zero-order valence-electron chi connectivity index (χ0n) is 16.3. The Morgan fingerprint density at radius 2 is 1.97 bits per heavy atom. The lowest BCUT2D eigenvalue weighted by Gasteiger charge is -2.26. The van der Waals surface area contributed by atoms with E-state index in [4.69, 9.17) is 27.5 Å². The number of sulfonamides is 1. The highest BCUT2D eigenvalue weighted by atomic mass is 35.5. The van der Waals surface area contributed by atoms with Crippen molar-refractivity contribution < 1.29 is 23.4 Å². The number of carbonyl (C=O) groups excluding carboxylic acids is 1. The maximum Gasteiger partial charge on any atom is 0.245 e. The first-order chi connectivity index (χ1) is 14.3. The van der Waals surface area contributed by atoms with Crippen LogP contribution in [0.5, 0.6) is 0 Å². The number of fused-ring (bicyclic) bond motifs is 1. The first-order valence-electron chi connectivity index (χ1n) is 9.57. The van der Waals surface area contributed by atoms with Gasteiger partial charge < -0.3 is 15.9 Å². The number of rotatable bonds is 9. The number of hydrogen-bond donors (Lipinski definition) is 3. The lowest BCUT2D eigenvalue weighted by molar-refractivity contribution is -0.124. The predicted molar refractivity (Wildman–Crippen MR) is 112 cm³/mol. The Bertz CT molecular complexity index is 1010. The fourth-order valence-electron chi connectivity index (χ4n) is 3.81. The number of hydrogen-bond acceptors (Lipinski definition) is 8. The summed E-state index contributed by atoms with van der Waals surface area (Å²) in [4.78, 5) is 18.4. The fraction of sp³-hybridized carbons (Fsp3) is 0.474. The summed E-state index contributed by atoms with van der Waals surface area (Å²) < 4.78 is 27.9. The molecule has 11 heteroatoms. The topological polar surface area (TPSA) is 137 Å². The first-order valence-corrected chi connectivity index (χ1v) is 11.4. The van der Waals surface area contributed by atoms with Gasteiger partial charge in [0.25, 0.3) is 0 Å². The highest BCUT2D eigenvalue weighted by molar-refractivity contribution is 7.89. The lowest BCUT2D eigenvalue weighted by Crippen LogP contribution is -2.47. The van der Waals surface area contributed by atoms with Crippen LogP contribution in [-0.2, 0) is 14.8 Å². The van der Waals surface area contributed by atoms with E-state index in [-0.39, 0.29) is 55.1 Å². The van der Waals surface area contributed by atoms with Crippen molar-refractivity contribution in [3.8, 4) is 0 Å². The Balaban J connectivity index is 1.85. The van der Waals surface area contributed by atoms with Crippen LogP contribution in [0.1, 0.15) is 6.42 Å². The Kier molecular flexibility index (Phi) is 7.40. The molecule has 4 N–H and O–H groups in total. The molecule has 1 unspecified atom stereocenters. The molecule has 0 amide bonds. The standard InChI is InChI=1S/C19H25ClN4O5S/c20-15-11-22-10-13-2-1-3-17(18(13)15)30(28,29)24-5-4-14(19(24)21)16(27)12-23(6-8-25)7-9-26/h1-3,10-11,14,19,25-26H,4-9,12,21H2/t14?,19-/m0/s1. The molecule has 2 heterocycles. The minimum Gasteiger partial charge on any atom is -0.395 e. The average Bonchev–Trinajstić information content (AvgIpc) is 3.10. The van der Waals surface area contributed by atoms with Gasteiger partial charge in [0.05, 0.1) is 35.8 Å². The summed E-state index contributed by atoms with van der Waals surface area (Å²) in [5.41, 5.74) is 6.22. The Labute approximate surface area is 180 Å². The van der Waals surface area contributed by atoms with E-state index in [0.29, 0.717) is 17.2 Å². The minimum atomic E-state index is -4.00. The van der Waals surface area contributed by atoms with E-state index < -0.39 is 22.1 Å². The highest BCUT2D eigenvalue weighted by Crippen LogP contribution is 2.34. The zero-order chi connectivity index (χ0) is 21.9. The monoisotopic (exact) mass is 456 g/mol. The van der Waals surface area contributed by atoms with E-state index in [9.17, 15) is 13.2 Å². The van der Waals surface area contributed by atoms with Gasteiger partial charge in [-0.3, -0.25) is 14.7 Å². The van der Waals surface area contributed by atoms with Crippen molar-refractivity contribution in [1.29, 1.82) is 0 Å². The van der Waals surface area contributed by atoms with E-state index in [0.717, 1.165) is 4.31 Å². The van der Waals surface area contributed by atoms with Gasteiger partial charge in [-0.2, -0.15) is 4.31 Å². The van der Waals surface area contributed by atoms with E-state index in [1.165, 1.54) is 18.5 Å². The molecule has 1 aliphatic rings. The maximum atomic E-state index is 13.4. The lowest BCUT2D eigenvalue weighted by atomic mass is 10.0. The molecule has 2 atom stereocenters. The van der Waals surface area contributed by atoms with Gasteiger partial charge in [0.15, 0.2) is 5.78 Å². The van der Waals surface area contributed by atoms with Crippen LogP contribution in [0, 0.1) is 5.92 Å². The molecular formula is C19H25ClN4O5S. The molecule has 164 valence electrons. The van der Waals surface area contributed by atoms with Crippen molar-refractivity contribution in [3.05, 3.63) is 35.6 Å². The number of halogens is 1. The van der Waals surface area contributed by atoms with Crippen LogP contribution in [0.4, 0.5) is 0 Å². The van der Waals surface area contributed by atoms with Crippen molar-refractivity contribution >= 4 is 38.2 Å². The molecule has 0 aliphatic carbocycles. The molecule has 3 rings (SSSR count). The Hall–Kier alpha value is -1.66. The van der Waals surface area contributed by atoms with Crippen LogP contribution >= 0.6 is 11.6 Å². The molecule has 0 saturated carbocycles.